The van der Waals surface area contributed by atoms with E-state index in [9.17, 15) is 9.59 Å². The normalized spacial score (nSPS) is 11.0. The Morgan fingerprint density at radius 3 is 2.17 bits per heavy atom. The van der Waals surface area contributed by atoms with Crippen molar-refractivity contribution >= 4 is 28.7 Å². The van der Waals surface area contributed by atoms with Crippen LogP contribution in [0, 0.1) is 6.92 Å². The lowest BCUT2D eigenvalue weighted by molar-refractivity contribution is -0.110. The van der Waals surface area contributed by atoms with Gasteiger partial charge in [0.25, 0.3) is 5.78 Å². The van der Waals surface area contributed by atoms with Crippen molar-refractivity contribution in [2.24, 2.45) is 0 Å². The Hall–Kier alpha value is -3.14. The quantitative estimate of drug-likeness (QED) is 0.421. The van der Waals surface area contributed by atoms with Crippen molar-refractivity contribution in [1.29, 1.82) is 0 Å². The highest BCUT2D eigenvalue weighted by Crippen LogP contribution is 2.13. The van der Waals surface area contributed by atoms with Gasteiger partial charge in [-0.2, -0.15) is 0 Å². The summed E-state index contributed by atoms with van der Waals surface area (Å²) in [5, 5.41) is 0. The fourth-order valence-corrected chi connectivity index (χ4v) is 2.23. The van der Waals surface area contributed by atoms with Crippen LogP contribution >= 0.6 is 0 Å². The van der Waals surface area contributed by atoms with Crippen molar-refractivity contribution < 1.29 is 9.59 Å². The van der Waals surface area contributed by atoms with Crippen molar-refractivity contribution in [1.82, 2.24) is 9.97 Å². The van der Waals surface area contributed by atoms with Gasteiger partial charge in [-0.05, 0) is 30.7 Å². The molecule has 23 heavy (non-hydrogen) atoms. The summed E-state index contributed by atoms with van der Waals surface area (Å²) in [5.41, 5.74) is 2.71. The van der Waals surface area contributed by atoms with E-state index in [2.05, 4.69) is 9.97 Å². The van der Waals surface area contributed by atoms with Crippen molar-refractivity contribution in [3.63, 3.8) is 0 Å². The zero-order chi connectivity index (χ0) is 16.2. The van der Waals surface area contributed by atoms with Crippen LogP contribution in [0.2, 0.25) is 0 Å². The number of fused-ring (bicyclic) bond motifs is 1. The van der Waals surface area contributed by atoms with E-state index in [-0.39, 0.29) is 5.69 Å². The summed E-state index contributed by atoms with van der Waals surface area (Å²) in [4.78, 5) is 33.0. The van der Waals surface area contributed by atoms with E-state index in [1.165, 1.54) is 6.08 Å². The predicted octanol–water partition coefficient (Wildman–Crippen LogP) is 3.40. The summed E-state index contributed by atoms with van der Waals surface area (Å²) < 4.78 is 0. The highest BCUT2D eigenvalue weighted by atomic mass is 16.2. The number of nitrogens with zero attached hydrogens (tertiary/aromatic N) is 2. The van der Waals surface area contributed by atoms with E-state index in [1.807, 2.05) is 48.5 Å². The Kier molecular flexibility index (Phi) is 4.06. The Bertz CT molecular complexity index is 915. The smallest absolute Gasteiger partial charge is 0.253 e. The Morgan fingerprint density at radius 2 is 1.48 bits per heavy atom. The topological polar surface area (TPSA) is 59.9 Å². The molecule has 0 fully saturated rings. The number of para-hydroxylation sites is 2. The number of benzene rings is 2. The third kappa shape index (κ3) is 3.21. The number of hydrogen-bond acceptors (Lipinski definition) is 4. The zero-order valence-corrected chi connectivity index (χ0v) is 12.6. The molecule has 0 spiro atoms. The molecule has 2 aromatic carbocycles. The van der Waals surface area contributed by atoms with Gasteiger partial charge in [0.1, 0.15) is 5.69 Å². The van der Waals surface area contributed by atoms with Crippen LogP contribution in [0.25, 0.3) is 17.1 Å². The molecule has 0 aliphatic carbocycles. The van der Waals surface area contributed by atoms with Gasteiger partial charge in [0.15, 0.2) is 0 Å². The molecule has 0 radical (unpaired) electrons. The molecule has 4 nitrogen and oxygen atoms in total. The van der Waals surface area contributed by atoms with Gasteiger partial charge in [-0.25, -0.2) is 9.97 Å². The maximum atomic E-state index is 12.3. The van der Waals surface area contributed by atoms with Crippen LogP contribution in [0.4, 0.5) is 0 Å². The Labute approximate surface area is 133 Å². The van der Waals surface area contributed by atoms with Crippen LogP contribution < -0.4 is 0 Å². The number of ketones is 2. The second-order valence-corrected chi connectivity index (χ2v) is 5.08. The fraction of sp³-hybridized carbons (Fsp3) is 0.0526. The molecule has 0 aliphatic heterocycles. The minimum Gasteiger partial charge on any atom is -0.285 e. The molecular weight excluding hydrogens is 288 g/mol. The van der Waals surface area contributed by atoms with E-state index < -0.39 is 11.6 Å². The molecule has 0 saturated heterocycles. The van der Waals surface area contributed by atoms with Gasteiger partial charge in [-0.3, -0.25) is 9.59 Å². The van der Waals surface area contributed by atoms with Crippen molar-refractivity contribution in [2.45, 2.75) is 6.92 Å². The summed E-state index contributed by atoms with van der Waals surface area (Å²) in [6.07, 6.45) is 2.89. The van der Waals surface area contributed by atoms with Crippen LogP contribution in [-0.4, -0.2) is 21.5 Å². The molecule has 0 amide bonds. The third-order valence-electron chi connectivity index (χ3n) is 3.41. The predicted molar refractivity (Wildman–Crippen MR) is 89.1 cm³/mol. The monoisotopic (exact) mass is 302 g/mol. The molecule has 0 atom stereocenters. The van der Waals surface area contributed by atoms with Crippen LogP contribution in [-0.2, 0) is 4.79 Å². The average Bonchev–Trinajstić information content (AvgIpc) is 2.59. The van der Waals surface area contributed by atoms with Gasteiger partial charge >= 0.3 is 0 Å². The highest BCUT2D eigenvalue weighted by Gasteiger charge is 2.19. The second-order valence-electron chi connectivity index (χ2n) is 5.08. The van der Waals surface area contributed by atoms with Gasteiger partial charge < -0.3 is 0 Å². The number of carbonyl (C=O) groups excluding carboxylic acids is 2. The summed E-state index contributed by atoms with van der Waals surface area (Å²) in [6, 6.07) is 16.6. The maximum Gasteiger partial charge on any atom is 0.253 e. The average molecular weight is 302 g/mol. The lowest BCUT2D eigenvalue weighted by Gasteiger charge is -2.03. The number of carbonyl (C=O) groups is 2. The van der Waals surface area contributed by atoms with Gasteiger partial charge in [0.05, 0.1) is 16.7 Å². The van der Waals surface area contributed by atoms with Gasteiger partial charge in [0.2, 0.25) is 5.78 Å². The molecule has 3 rings (SSSR count). The van der Waals surface area contributed by atoms with E-state index in [1.54, 1.807) is 19.1 Å². The molecule has 1 aromatic heterocycles. The van der Waals surface area contributed by atoms with Crippen molar-refractivity contribution in [3.8, 4) is 0 Å². The number of allylic oxidation sites excluding steroid dienone is 1. The summed E-state index contributed by atoms with van der Waals surface area (Å²) in [7, 11) is 0. The largest absolute Gasteiger partial charge is 0.285 e. The second kappa shape index (κ2) is 6.32. The first-order valence-corrected chi connectivity index (χ1v) is 7.20. The minimum absolute atomic E-state index is 0.103. The van der Waals surface area contributed by atoms with E-state index in [0.29, 0.717) is 16.7 Å². The van der Waals surface area contributed by atoms with E-state index in [4.69, 9.17) is 0 Å². The fourth-order valence-electron chi connectivity index (χ4n) is 2.23. The Balaban J connectivity index is 1.89. The molecule has 0 unspecified atom stereocenters. The first kappa shape index (κ1) is 14.8. The minimum atomic E-state index is -0.645. The van der Waals surface area contributed by atoms with Crippen LogP contribution in [0.15, 0.2) is 60.7 Å². The summed E-state index contributed by atoms with van der Waals surface area (Å²) >= 11 is 0. The number of hydrogen-bond donors (Lipinski definition) is 0. The number of aromatic nitrogens is 2. The molecule has 0 saturated carbocycles. The van der Waals surface area contributed by atoms with Gasteiger partial charge in [-0.1, -0.05) is 48.5 Å². The molecule has 3 aromatic rings. The molecule has 0 N–H and O–H groups in total. The highest BCUT2D eigenvalue weighted by molar-refractivity contribution is 6.47. The third-order valence-corrected chi connectivity index (χ3v) is 3.41. The first-order chi connectivity index (χ1) is 11.1. The van der Waals surface area contributed by atoms with Crippen LogP contribution in [0.1, 0.15) is 21.7 Å². The van der Waals surface area contributed by atoms with Crippen molar-refractivity contribution in [3.05, 3.63) is 77.6 Å². The van der Waals surface area contributed by atoms with Gasteiger partial charge in [-0.15, -0.1) is 0 Å². The molecule has 0 aliphatic rings. The number of Topliss-reactive ketones (excluding diaryl/α,β-unsaturated/α-hetero) is 1. The standard InChI is InChI=1S/C19H14N2O2/c1-13-18(21-16-10-6-5-9-15(16)20-13)19(23)17(22)12-11-14-7-3-2-4-8-14/h2-12H,1H3. The first-order valence-electron chi connectivity index (χ1n) is 7.20. The lowest BCUT2D eigenvalue weighted by Crippen LogP contribution is -2.15. The molecular formula is C19H14N2O2. The van der Waals surface area contributed by atoms with Crippen LogP contribution in [0.5, 0.6) is 0 Å². The summed E-state index contributed by atoms with van der Waals surface area (Å²) in [6.45, 7) is 1.68. The maximum absolute atomic E-state index is 12.3. The summed E-state index contributed by atoms with van der Waals surface area (Å²) in [5.74, 6) is -1.26. The molecule has 112 valence electrons. The molecule has 0 bridgehead atoms. The zero-order valence-electron chi connectivity index (χ0n) is 12.6. The number of aryl methyl sites for hydroxylation is 1. The van der Waals surface area contributed by atoms with Gasteiger partial charge in [0, 0.05) is 0 Å². The Morgan fingerprint density at radius 1 is 0.870 bits per heavy atom. The molecule has 1 heterocycles. The van der Waals surface area contributed by atoms with E-state index in [0.717, 1.165) is 5.56 Å². The van der Waals surface area contributed by atoms with Crippen LogP contribution in [0.3, 0.4) is 0 Å². The SMILES string of the molecule is Cc1nc2ccccc2nc1C(=O)C(=O)C=Cc1ccccc1. The lowest BCUT2D eigenvalue weighted by atomic mass is 10.1. The van der Waals surface area contributed by atoms with E-state index >= 15 is 0 Å². The molecule has 4 heteroatoms. The number of rotatable bonds is 4. The van der Waals surface area contributed by atoms with Crippen molar-refractivity contribution in [2.75, 3.05) is 0 Å².